The summed E-state index contributed by atoms with van der Waals surface area (Å²) in [5.74, 6) is 0. The predicted molar refractivity (Wildman–Crippen MR) is 70.1 cm³/mol. The van der Waals surface area contributed by atoms with Crippen LogP contribution in [0.25, 0.3) is 0 Å². The molecule has 0 atom stereocenters. The molecule has 2 N–H and O–H groups in total. The van der Waals surface area contributed by atoms with Crippen molar-refractivity contribution >= 4 is 17.3 Å². The van der Waals surface area contributed by atoms with Crippen LogP contribution in [0.2, 0.25) is 0 Å². The van der Waals surface area contributed by atoms with Crippen LogP contribution in [0.4, 0.5) is 0 Å². The van der Waals surface area contributed by atoms with Gasteiger partial charge in [0.15, 0.2) is 5.11 Å². The molecule has 0 heterocycles. The van der Waals surface area contributed by atoms with Crippen molar-refractivity contribution < 1.29 is 0 Å². The van der Waals surface area contributed by atoms with E-state index in [9.17, 15) is 0 Å². The van der Waals surface area contributed by atoms with Crippen molar-refractivity contribution in [2.24, 2.45) is 5.41 Å². The summed E-state index contributed by atoms with van der Waals surface area (Å²) in [4.78, 5) is 0. The molecule has 15 heavy (non-hydrogen) atoms. The van der Waals surface area contributed by atoms with E-state index in [-0.39, 0.29) is 0 Å². The van der Waals surface area contributed by atoms with E-state index in [1.165, 1.54) is 32.1 Å². The van der Waals surface area contributed by atoms with Crippen molar-refractivity contribution in [1.82, 2.24) is 10.6 Å². The Morgan fingerprint density at radius 1 is 1.33 bits per heavy atom. The Morgan fingerprint density at radius 2 is 1.93 bits per heavy atom. The van der Waals surface area contributed by atoms with Gasteiger partial charge in [-0.25, -0.2) is 0 Å². The third kappa shape index (κ3) is 4.83. The maximum Gasteiger partial charge on any atom is 0.166 e. The highest BCUT2D eigenvalue weighted by Crippen LogP contribution is 2.19. The molecule has 0 radical (unpaired) electrons. The lowest BCUT2D eigenvalue weighted by molar-refractivity contribution is 0.348. The summed E-state index contributed by atoms with van der Waals surface area (Å²) < 4.78 is 0. The van der Waals surface area contributed by atoms with Crippen LogP contribution in [-0.4, -0.2) is 17.7 Å². The van der Waals surface area contributed by atoms with E-state index in [1.807, 2.05) is 0 Å². The smallest absolute Gasteiger partial charge is 0.166 e. The Labute approximate surface area is 99.2 Å². The van der Waals surface area contributed by atoms with Gasteiger partial charge in [0.25, 0.3) is 0 Å². The highest BCUT2D eigenvalue weighted by atomic mass is 32.1. The number of rotatable bonds is 4. The Bertz CT molecular complexity index is 208. The number of hydrogen-bond donors (Lipinski definition) is 2. The fraction of sp³-hybridized carbons (Fsp3) is 0.917. The second kappa shape index (κ2) is 5.69. The van der Waals surface area contributed by atoms with Crippen LogP contribution in [0.3, 0.4) is 0 Å². The average Bonchev–Trinajstić information content (AvgIpc) is 2.68. The topological polar surface area (TPSA) is 24.1 Å². The van der Waals surface area contributed by atoms with Crippen LogP contribution in [-0.2, 0) is 0 Å². The number of nitrogens with one attached hydrogen (secondary N) is 2. The molecule has 88 valence electrons. The molecule has 0 aliphatic heterocycles. The third-order valence-electron chi connectivity index (χ3n) is 3.37. The van der Waals surface area contributed by atoms with Crippen molar-refractivity contribution in [3.63, 3.8) is 0 Å². The molecule has 1 aliphatic rings. The third-order valence-corrected chi connectivity index (χ3v) is 3.64. The zero-order valence-electron chi connectivity index (χ0n) is 10.2. The van der Waals surface area contributed by atoms with Crippen molar-refractivity contribution in [2.45, 2.75) is 58.9 Å². The standard InChI is InChI=1S/C12H24N2S/c1-4-12(2,3)9-13-11(15)14-10-7-5-6-8-10/h10H,4-9H2,1-3H3,(H2,13,14,15). The van der Waals surface area contributed by atoms with Crippen molar-refractivity contribution in [3.05, 3.63) is 0 Å². The van der Waals surface area contributed by atoms with E-state index in [1.54, 1.807) is 0 Å². The fourth-order valence-corrected chi connectivity index (χ4v) is 1.99. The first-order chi connectivity index (χ1) is 7.03. The van der Waals surface area contributed by atoms with Crippen LogP contribution in [0, 0.1) is 5.41 Å². The van der Waals surface area contributed by atoms with E-state index in [0.29, 0.717) is 11.5 Å². The highest BCUT2D eigenvalue weighted by Gasteiger charge is 2.18. The normalized spacial score (nSPS) is 17.8. The minimum atomic E-state index is 0.335. The Kier molecular flexibility index (Phi) is 4.84. The molecule has 3 heteroatoms. The molecule has 1 saturated carbocycles. The summed E-state index contributed by atoms with van der Waals surface area (Å²) in [6.45, 7) is 7.70. The lowest BCUT2D eigenvalue weighted by Crippen LogP contribution is -2.43. The van der Waals surface area contributed by atoms with Crippen LogP contribution >= 0.6 is 12.2 Å². The van der Waals surface area contributed by atoms with Gasteiger partial charge in [0.1, 0.15) is 0 Å². The summed E-state index contributed by atoms with van der Waals surface area (Å²) in [5, 5.41) is 7.55. The largest absolute Gasteiger partial charge is 0.362 e. The van der Waals surface area contributed by atoms with Crippen LogP contribution < -0.4 is 10.6 Å². The summed E-state index contributed by atoms with van der Waals surface area (Å²) in [6, 6.07) is 0.620. The molecule has 0 aromatic rings. The van der Waals surface area contributed by atoms with Gasteiger partial charge in [0.2, 0.25) is 0 Å². The molecule has 0 bridgehead atoms. The molecule has 0 unspecified atom stereocenters. The highest BCUT2D eigenvalue weighted by molar-refractivity contribution is 7.80. The maximum atomic E-state index is 5.28. The van der Waals surface area contributed by atoms with Crippen LogP contribution in [0.15, 0.2) is 0 Å². The molecule has 0 saturated heterocycles. The van der Waals surface area contributed by atoms with E-state index in [0.717, 1.165) is 11.7 Å². The molecule has 0 aromatic heterocycles. The molecule has 1 fully saturated rings. The summed E-state index contributed by atoms with van der Waals surface area (Å²) in [6.07, 6.45) is 6.42. The van der Waals surface area contributed by atoms with Crippen molar-refractivity contribution in [3.8, 4) is 0 Å². The first-order valence-corrected chi connectivity index (χ1v) is 6.49. The van der Waals surface area contributed by atoms with Gasteiger partial charge in [-0.2, -0.15) is 0 Å². The second-order valence-corrected chi connectivity index (χ2v) is 5.73. The lowest BCUT2D eigenvalue weighted by Gasteiger charge is -2.25. The number of thiocarbonyl (C=S) groups is 1. The molecular formula is C12H24N2S. The molecular weight excluding hydrogens is 204 g/mol. The minimum Gasteiger partial charge on any atom is -0.362 e. The molecule has 0 spiro atoms. The zero-order valence-corrected chi connectivity index (χ0v) is 11.0. The first kappa shape index (κ1) is 12.8. The van der Waals surface area contributed by atoms with Gasteiger partial charge in [-0.1, -0.05) is 33.6 Å². The summed E-state index contributed by atoms with van der Waals surface area (Å²) in [5.41, 5.74) is 0.335. The molecule has 0 amide bonds. The van der Waals surface area contributed by atoms with Gasteiger partial charge in [-0.3, -0.25) is 0 Å². The fourth-order valence-electron chi connectivity index (χ4n) is 1.75. The first-order valence-electron chi connectivity index (χ1n) is 6.08. The number of hydrogen-bond acceptors (Lipinski definition) is 1. The van der Waals surface area contributed by atoms with Crippen molar-refractivity contribution in [1.29, 1.82) is 0 Å². The molecule has 2 nitrogen and oxygen atoms in total. The summed E-state index contributed by atoms with van der Waals surface area (Å²) >= 11 is 5.28. The molecule has 0 aromatic carbocycles. The summed E-state index contributed by atoms with van der Waals surface area (Å²) in [7, 11) is 0. The van der Waals surface area contributed by atoms with E-state index in [2.05, 4.69) is 31.4 Å². The molecule has 1 rings (SSSR count). The quantitative estimate of drug-likeness (QED) is 0.724. The van der Waals surface area contributed by atoms with Crippen molar-refractivity contribution in [2.75, 3.05) is 6.54 Å². The van der Waals surface area contributed by atoms with Crippen LogP contribution in [0.5, 0.6) is 0 Å². The predicted octanol–water partition coefficient (Wildman–Crippen LogP) is 2.83. The Hall–Kier alpha value is -0.310. The Morgan fingerprint density at radius 3 is 2.47 bits per heavy atom. The average molecular weight is 228 g/mol. The van der Waals surface area contributed by atoms with Gasteiger partial charge < -0.3 is 10.6 Å². The van der Waals surface area contributed by atoms with Gasteiger partial charge in [0.05, 0.1) is 0 Å². The SMILES string of the molecule is CCC(C)(C)CNC(=S)NC1CCCC1. The molecule has 1 aliphatic carbocycles. The van der Waals surface area contributed by atoms with Gasteiger partial charge in [-0.15, -0.1) is 0 Å². The van der Waals surface area contributed by atoms with Gasteiger partial charge in [0, 0.05) is 12.6 Å². The lowest BCUT2D eigenvalue weighted by atomic mass is 9.90. The second-order valence-electron chi connectivity index (χ2n) is 5.33. The van der Waals surface area contributed by atoms with E-state index >= 15 is 0 Å². The van der Waals surface area contributed by atoms with Crippen LogP contribution in [0.1, 0.15) is 52.9 Å². The zero-order chi connectivity index (χ0) is 11.3. The Balaban J connectivity index is 2.18. The van der Waals surface area contributed by atoms with Gasteiger partial charge in [-0.05, 0) is 36.9 Å². The minimum absolute atomic E-state index is 0.335. The van der Waals surface area contributed by atoms with E-state index < -0.39 is 0 Å². The monoisotopic (exact) mass is 228 g/mol. The van der Waals surface area contributed by atoms with E-state index in [4.69, 9.17) is 12.2 Å². The maximum absolute atomic E-state index is 5.28. The van der Waals surface area contributed by atoms with Gasteiger partial charge >= 0.3 is 0 Å².